The van der Waals surface area contributed by atoms with E-state index >= 15 is 0 Å². The van der Waals surface area contributed by atoms with Crippen LogP contribution in [0.25, 0.3) is 0 Å². The molecule has 0 bridgehead atoms. The van der Waals surface area contributed by atoms with E-state index in [1.807, 2.05) is 0 Å². The summed E-state index contributed by atoms with van der Waals surface area (Å²) in [5.74, 6) is -6.30. The molecule has 0 amide bonds. The molecule has 2 rings (SSSR count). The molecule has 112 valence electrons. The number of aliphatic carboxylic acids is 1. The van der Waals surface area contributed by atoms with Gasteiger partial charge in [-0.3, -0.25) is 9.48 Å². The highest BCUT2D eigenvalue weighted by molar-refractivity contribution is 5.66. The fourth-order valence-electron chi connectivity index (χ4n) is 2.50. The first-order valence-electron chi connectivity index (χ1n) is 5.86. The van der Waals surface area contributed by atoms with E-state index in [4.69, 9.17) is 5.11 Å². The van der Waals surface area contributed by atoms with Crippen molar-refractivity contribution in [1.29, 1.82) is 0 Å². The Hall–Kier alpha value is -1.67. The van der Waals surface area contributed by atoms with Crippen molar-refractivity contribution in [3.05, 3.63) is 17.0 Å². The Labute approximate surface area is 110 Å². The normalized spacial score (nSPS) is 21.0. The molecule has 0 radical (unpaired) electrons. The Morgan fingerprint density at radius 3 is 2.55 bits per heavy atom. The summed E-state index contributed by atoms with van der Waals surface area (Å²) in [6.07, 6.45) is -5.34. The number of carboxylic acids is 1. The van der Waals surface area contributed by atoms with Crippen molar-refractivity contribution in [3.8, 4) is 0 Å². The van der Waals surface area contributed by atoms with E-state index < -0.39 is 53.9 Å². The lowest BCUT2D eigenvalue weighted by Gasteiger charge is -2.19. The molecule has 1 aromatic heterocycles. The first-order chi connectivity index (χ1) is 9.09. The summed E-state index contributed by atoms with van der Waals surface area (Å²) in [4.78, 5) is 10.6. The molecule has 0 saturated heterocycles. The average Bonchev–Trinajstić information content (AvgIpc) is 2.74. The van der Waals surface area contributed by atoms with Crippen molar-refractivity contribution in [2.24, 2.45) is 5.92 Å². The highest BCUT2D eigenvalue weighted by Gasteiger charge is 2.55. The maximum atomic E-state index is 14.1. The Morgan fingerprint density at radius 2 is 2.10 bits per heavy atom. The van der Waals surface area contributed by atoms with Gasteiger partial charge in [0.2, 0.25) is 0 Å². The number of fused-ring (bicyclic) bond motifs is 1. The SMILES string of the molecule is CCC1Cc2c(C(F)(F)F)nn(CC(=O)O)c2C1(F)F. The van der Waals surface area contributed by atoms with Crippen molar-refractivity contribution >= 4 is 5.97 Å². The number of hydrogen-bond acceptors (Lipinski definition) is 2. The van der Waals surface area contributed by atoms with Gasteiger partial charge >= 0.3 is 12.1 Å². The topological polar surface area (TPSA) is 55.1 Å². The second kappa shape index (κ2) is 4.42. The van der Waals surface area contributed by atoms with E-state index in [9.17, 15) is 26.7 Å². The Kier molecular flexibility index (Phi) is 3.26. The number of rotatable bonds is 3. The fraction of sp³-hybridized carbons (Fsp3) is 0.636. The van der Waals surface area contributed by atoms with E-state index in [0.29, 0.717) is 0 Å². The van der Waals surface area contributed by atoms with Crippen molar-refractivity contribution in [1.82, 2.24) is 9.78 Å². The number of carbonyl (C=O) groups is 1. The zero-order chi connectivity index (χ0) is 15.3. The summed E-state index contributed by atoms with van der Waals surface area (Å²) < 4.78 is 66.9. The highest BCUT2D eigenvalue weighted by atomic mass is 19.4. The maximum absolute atomic E-state index is 14.1. The summed E-state index contributed by atoms with van der Waals surface area (Å²) >= 11 is 0. The molecule has 0 aromatic carbocycles. The lowest BCUT2D eigenvalue weighted by atomic mass is 10.0. The molecule has 4 nitrogen and oxygen atoms in total. The summed E-state index contributed by atoms with van der Waals surface area (Å²) in [6, 6.07) is 0. The third-order valence-corrected chi connectivity index (χ3v) is 3.38. The van der Waals surface area contributed by atoms with Gasteiger partial charge in [0.15, 0.2) is 5.69 Å². The van der Waals surface area contributed by atoms with Crippen molar-refractivity contribution in [3.63, 3.8) is 0 Å². The Bertz CT molecular complexity index is 550. The van der Waals surface area contributed by atoms with Crippen LogP contribution in [0, 0.1) is 5.92 Å². The van der Waals surface area contributed by atoms with Crippen LogP contribution < -0.4 is 0 Å². The summed E-state index contributed by atoms with van der Waals surface area (Å²) in [6.45, 7) is 0.428. The molecular weight excluding hydrogens is 287 g/mol. The number of aromatic nitrogens is 2. The third kappa shape index (κ3) is 2.14. The van der Waals surface area contributed by atoms with Crippen LogP contribution >= 0.6 is 0 Å². The van der Waals surface area contributed by atoms with Gasteiger partial charge in [0.05, 0.1) is 0 Å². The van der Waals surface area contributed by atoms with Crippen LogP contribution in [-0.2, 0) is 29.9 Å². The second-order valence-electron chi connectivity index (χ2n) is 4.66. The van der Waals surface area contributed by atoms with Gasteiger partial charge < -0.3 is 5.11 Å². The molecule has 0 spiro atoms. The van der Waals surface area contributed by atoms with Gasteiger partial charge in [-0.2, -0.15) is 27.1 Å². The molecule has 20 heavy (non-hydrogen) atoms. The van der Waals surface area contributed by atoms with Crippen LogP contribution in [0.2, 0.25) is 0 Å². The minimum Gasteiger partial charge on any atom is -0.480 e. The molecule has 1 aliphatic rings. The van der Waals surface area contributed by atoms with Gasteiger partial charge in [0, 0.05) is 11.5 Å². The number of nitrogens with zero attached hydrogens (tertiary/aromatic N) is 2. The number of hydrogen-bond donors (Lipinski definition) is 1. The van der Waals surface area contributed by atoms with Crippen LogP contribution in [-0.4, -0.2) is 20.9 Å². The zero-order valence-electron chi connectivity index (χ0n) is 10.3. The first-order valence-corrected chi connectivity index (χ1v) is 5.86. The Morgan fingerprint density at radius 1 is 1.50 bits per heavy atom. The van der Waals surface area contributed by atoms with E-state index in [1.54, 1.807) is 0 Å². The van der Waals surface area contributed by atoms with Gasteiger partial charge in [0.25, 0.3) is 5.92 Å². The van der Waals surface area contributed by atoms with Crippen LogP contribution in [0.3, 0.4) is 0 Å². The van der Waals surface area contributed by atoms with Crippen molar-refractivity contribution in [2.45, 2.75) is 38.4 Å². The van der Waals surface area contributed by atoms with Gasteiger partial charge in [0.1, 0.15) is 12.2 Å². The molecule has 0 saturated carbocycles. The predicted molar refractivity (Wildman–Crippen MR) is 56.2 cm³/mol. The Balaban J connectivity index is 2.62. The quantitative estimate of drug-likeness (QED) is 0.873. The van der Waals surface area contributed by atoms with Gasteiger partial charge in [-0.25, -0.2) is 0 Å². The van der Waals surface area contributed by atoms with Crippen molar-refractivity contribution in [2.75, 3.05) is 0 Å². The maximum Gasteiger partial charge on any atom is 0.435 e. The van der Waals surface area contributed by atoms with E-state index in [2.05, 4.69) is 5.10 Å². The van der Waals surface area contributed by atoms with Crippen LogP contribution in [0.1, 0.15) is 30.3 Å². The van der Waals surface area contributed by atoms with E-state index in [0.717, 1.165) is 0 Å². The largest absolute Gasteiger partial charge is 0.480 e. The first kappa shape index (κ1) is 14.7. The minimum absolute atomic E-state index is 0.00789. The molecular formula is C11H11F5N2O2. The summed E-state index contributed by atoms with van der Waals surface area (Å²) in [7, 11) is 0. The van der Waals surface area contributed by atoms with Gasteiger partial charge in [-0.05, 0) is 12.8 Å². The minimum atomic E-state index is -4.88. The van der Waals surface area contributed by atoms with E-state index in [1.165, 1.54) is 6.92 Å². The molecule has 1 aromatic rings. The number of carboxylic acid groups (broad SMARTS) is 1. The number of alkyl halides is 5. The van der Waals surface area contributed by atoms with Crippen LogP contribution in [0.5, 0.6) is 0 Å². The molecule has 1 N–H and O–H groups in total. The lowest BCUT2D eigenvalue weighted by Crippen LogP contribution is -2.26. The molecule has 0 aliphatic heterocycles. The van der Waals surface area contributed by atoms with Crippen LogP contribution in [0.4, 0.5) is 22.0 Å². The predicted octanol–water partition coefficient (Wildman–Crippen LogP) is 2.66. The molecule has 1 heterocycles. The molecule has 1 atom stereocenters. The van der Waals surface area contributed by atoms with Gasteiger partial charge in [-0.15, -0.1) is 0 Å². The monoisotopic (exact) mass is 298 g/mol. The van der Waals surface area contributed by atoms with E-state index in [-0.39, 0.29) is 11.1 Å². The molecule has 1 aliphatic carbocycles. The fourth-order valence-corrected chi connectivity index (χ4v) is 2.50. The van der Waals surface area contributed by atoms with Crippen molar-refractivity contribution < 1.29 is 31.9 Å². The standard InChI is InChI=1S/C11H11F5N2O2/c1-2-5-3-6-8(11(14,15)16)17-18(4-7(19)20)9(6)10(5,12)13/h5H,2-4H2,1H3,(H,19,20). The summed E-state index contributed by atoms with van der Waals surface area (Å²) in [5.41, 5.74) is -2.92. The highest BCUT2D eigenvalue weighted by Crippen LogP contribution is 2.50. The molecule has 0 fully saturated rings. The third-order valence-electron chi connectivity index (χ3n) is 3.38. The molecule has 1 unspecified atom stereocenters. The summed E-state index contributed by atoms with van der Waals surface area (Å²) in [5, 5.41) is 11.7. The number of halogens is 5. The van der Waals surface area contributed by atoms with Gasteiger partial charge in [-0.1, -0.05) is 6.92 Å². The molecule has 9 heteroatoms. The second-order valence-corrected chi connectivity index (χ2v) is 4.66. The lowest BCUT2D eigenvalue weighted by molar-refractivity contribution is -0.144. The smallest absolute Gasteiger partial charge is 0.435 e. The average molecular weight is 298 g/mol. The zero-order valence-corrected chi connectivity index (χ0v) is 10.3. The van der Waals surface area contributed by atoms with Crippen LogP contribution in [0.15, 0.2) is 0 Å².